The Balaban J connectivity index is 1.50. The number of phenols is 1. The Kier molecular flexibility index (Phi) is 8.70. The second-order valence-corrected chi connectivity index (χ2v) is 9.29. The lowest BCUT2D eigenvalue weighted by atomic mass is 9.98. The fourth-order valence-corrected chi connectivity index (χ4v) is 4.34. The Morgan fingerprint density at radius 1 is 1.08 bits per heavy atom. The number of rotatable bonds is 11. The van der Waals surface area contributed by atoms with Gasteiger partial charge in [0.1, 0.15) is 66.0 Å². The average Bonchev–Trinajstić information content (AvgIpc) is 3.35. The van der Waals surface area contributed by atoms with E-state index in [0.717, 1.165) is 16.5 Å². The van der Waals surface area contributed by atoms with Crippen molar-refractivity contribution in [2.75, 3.05) is 20.3 Å². The molecule has 204 valence electrons. The minimum Gasteiger partial charge on any atom is -0.507 e. The number of benzene rings is 2. The Labute approximate surface area is 219 Å². The molecule has 0 spiro atoms. The van der Waals surface area contributed by atoms with E-state index < -0.39 is 30.7 Å². The van der Waals surface area contributed by atoms with Crippen LogP contribution in [0.25, 0.3) is 11.0 Å². The zero-order chi connectivity index (χ0) is 27.4. The number of methoxy groups -OCH3 is 1. The van der Waals surface area contributed by atoms with Crippen LogP contribution in [0.15, 0.2) is 59.4 Å². The van der Waals surface area contributed by atoms with Gasteiger partial charge in [-0.15, -0.1) is 0 Å². The molecule has 0 amide bonds. The Morgan fingerprint density at radius 3 is 2.63 bits per heavy atom. The van der Waals surface area contributed by atoms with Crippen LogP contribution in [0.3, 0.4) is 0 Å². The Morgan fingerprint density at radius 2 is 1.87 bits per heavy atom. The van der Waals surface area contributed by atoms with Gasteiger partial charge in [-0.1, -0.05) is 12.6 Å². The number of phenolic OH excluding ortho intramolecular Hbond substituents is 1. The largest absolute Gasteiger partial charge is 0.507 e. The third-order valence-electron chi connectivity index (χ3n) is 6.33. The molecule has 1 fully saturated rings. The molecule has 10 heteroatoms. The molecule has 1 aromatic heterocycles. The van der Waals surface area contributed by atoms with Crippen molar-refractivity contribution < 1.29 is 48.6 Å². The number of aliphatic hydroxyl groups excluding tert-OH is 3. The van der Waals surface area contributed by atoms with E-state index in [1.165, 1.54) is 19.2 Å². The van der Waals surface area contributed by atoms with Gasteiger partial charge in [-0.3, -0.25) is 4.79 Å². The van der Waals surface area contributed by atoms with Crippen LogP contribution in [0.2, 0.25) is 0 Å². The molecule has 2 heterocycles. The summed E-state index contributed by atoms with van der Waals surface area (Å²) in [5, 5.41) is 42.9. The normalized spacial score (nSPS) is 23.3. The second-order valence-electron chi connectivity index (χ2n) is 9.29. The van der Waals surface area contributed by atoms with E-state index in [9.17, 15) is 25.2 Å². The quantitative estimate of drug-likeness (QED) is 0.216. The number of aryl methyl sites for hydroxylation is 2. The van der Waals surface area contributed by atoms with Gasteiger partial charge < -0.3 is 43.8 Å². The third kappa shape index (κ3) is 6.17. The fraction of sp³-hybridized carbons (Fsp3) is 0.393. The summed E-state index contributed by atoms with van der Waals surface area (Å²) >= 11 is 0. The molecule has 1 aliphatic heterocycles. The third-order valence-corrected chi connectivity index (χ3v) is 6.33. The molecule has 0 unspecified atom stereocenters. The van der Waals surface area contributed by atoms with Crippen LogP contribution in [0, 0.1) is 6.92 Å². The van der Waals surface area contributed by atoms with E-state index >= 15 is 0 Å². The molecule has 1 aliphatic rings. The summed E-state index contributed by atoms with van der Waals surface area (Å²) in [7, 11) is 1.47. The summed E-state index contributed by atoms with van der Waals surface area (Å²) in [6.07, 6.45) is -5.20. The lowest BCUT2D eigenvalue weighted by Gasteiger charge is -2.40. The molecule has 38 heavy (non-hydrogen) atoms. The highest BCUT2D eigenvalue weighted by atomic mass is 16.7. The molecule has 10 nitrogen and oxygen atoms in total. The molecule has 0 radical (unpaired) electrons. The highest BCUT2D eigenvalue weighted by molar-refractivity contribution is 6.01. The maximum Gasteiger partial charge on any atom is 0.229 e. The van der Waals surface area contributed by atoms with Crippen molar-refractivity contribution in [2.45, 2.75) is 50.5 Å². The van der Waals surface area contributed by atoms with Gasteiger partial charge in [0.05, 0.1) is 6.26 Å². The number of carbonyl (C=O) groups is 1. The predicted molar refractivity (Wildman–Crippen MR) is 136 cm³/mol. The van der Waals surface area contributed by atoms with Gasteiger partial charge in [-0.25, -0.2) is 0 Å². The van der Waals surface area contributed by atoms with Crippen LogP contribution in [-0.2, 0) is 20.6 Å². The first kappa shape index (κ1) is 27.6. The molecule has 4 rings (SSSR count). The summed E-state index contributed by atoms with van der Waals surface area (Å²) in [6, 6.07) is 10.4. The Bertz CT molecular complexity index is 1280. The molecule has 0 aliphatic carbocycles. The standard InChI is InChI=1S/C28H32O10/c1-15-10-20(30)24(19(29)6-4-17-5-7-21-18(12-17)8-9-35-21)22(11-15)37-28-27(33)26(32)25(31)23(38-28)14-36-16(2)13-34-3/h5,7-12,23,25-28,30-33H,2,4,6,13-14H2,1,3H3/t23-,25-,26+,27-,28-/m1/s1. The van der Waals surface area contributed by atoms with E-state index in [1.54, 1.807) is 13.2 Å². The number of Topliss-reactive ketones (excluding diaryl/α,β-unsaturated/α-hetero) is 1. The Hall–Kier alpha value is -3.41. The molecule has 2 aromatic carbocycles. The van der Waals surface area contributed by atoms with Crippen LogP contribution in [0.5, 0.6) is 11.5 Å². The number of hydrogen-bond donors (Lipinski definition) is 4. The minimum absolute atomic E-state index is 0.0195. The van der Waals surface area contributed by atoms with E-state index in [4.69, 9.17) is 23.4 Å². The number of ether oxygens (including phenoxy) is 4. The SMILES string of the molecule is C=C(COC)OC[C@H]1O[C@@H](Oc2cc(C)cc(O)c2C(=O)CCc2ccc3occc3c2)[C@H](O)[C@@H](O)[C@@H]1O. The maximum atomic E-state index is 13.2. The smallest absolute Gasteiger partial charge is 0.229 e. The van der Waals surface area contributed by atoms with Crippen molar-refractivity contribution in [3.8, 4) is 11.5 Å². The predicted octanol–water partition coefficient (Wildman–Crippen LogP) is 2.63. The van der Waals surface area contributed by atoms with Crippen LogP contribution in [0.1, 0.15) is 27.9 Å². The average molecular weight is 529 g/mol. The molecular formula is C28H32O10. The molecule has 4 N–H and O–H groups in total. The summed E-state index contributed by atoms with van der Waals surface area (Å²) in [4.78, 5) is 13.2. The summed E-state index contributed by atoms with van der Waals surface area (Å²) in [5.41, 5.74) is 2.19. The van der Waals surface area contributed by atoms with Crippen molar-refractivity contribution >= 4 is 16.8 Å². The number of aromatic hydroxyl groups is 1. The van der Waals surface area contributed by atoms with E-state index in [2.05, 4.69) is 6.58 Å². The molecule has 3 aromatic rings. The molecule has 0 saturated carbocycles. The number of carbonyl (C=O) groups excluding carboxylic acids is 1. The lowest BCUT2D eigenvalue weighted by Crippen LogP contribution is -2.60. The van der Waals surface area contributed by atoms with Crippen molar-refractivity contribution in [3.63, 3.8) is 0 Å². The van der Waals surface area contributed by atoms with E-state index in [0.29, 0.717) is 12.0 Å². The first-order valence-corrected chi connectivity index (χ1v) is 12.2. The van der Waals surface area contributed by atoms with Crippen molar-refractivity contribution in [1.82, 2.24) is 0 Å². The van der Waals surface area contributed by atoms with Gasteiger partial charge in [-0.05, 0) is 54.8 Å². The van der Waals surface area contributed by atoms with E-state index in [1.807, 2.05) is 24.3 Å². The lowest BCUT2D eigenvalue weighted by molar-refractivity contribution is -0.278. The highest BCUT2D eigenvalue weighted by Crippen LogP contribution is 2.34. The van der Waals surface area contributed by atoms with Crippen LogP contribution in [-0.4, -0.2) is 77.2 Å². The zero-order valence-corrected chi connectivity index (χ0v) is 21.2. The van der Waals surface area contributed by atoms with Crippen molar-refractivity contribution in [3.05, 3.63) is 71.7 Å². The van der Waals surface area contributed by atoms with Gasteiger partial charge in [0, 0.05) is 18.9 Å². The molecule has 0 bridgehead atoms. The van der Waals surface area contributed by atoms with Gasteiger partial charge in [0.25, 0.3) is 0 Å². The second kappa shape index (κ2) is 12.0. The highest BCUT2D eigenvalue weighted by Gasteiger charge is 2.45. The number of fused-ring (bicyclic) bond motifs is 1. The molecular weight excluding hydrogens is 496 g/mol. The zero-order valence-electron chi connectivity index (χ0n) is 21.2. The van der Waals surface area contributed by atoms with E-state index in [-0.39, 0.29) is 48.2 Å². The van der Waals surface area contributed by atoms with Crippen LogP contribution in [0.4, 0.5) is 0 Å². The molecule has 1 saturated heterocycles. The van der Waals surface area contributed by atoms with Crippen molar-refractivity contribution in [2.24, 2.45) is 0 Å². The first-order valence-electron chi connectivity index (χ1n) is 12.2. The number of furan rings is 1. The number of aliphatic hydroxyl groups is 3. The molecule has 5 atom stereocenters. The maximum absolute atomic E-state index is 13.2. The van der Waals surface area contributed by atoms with Gasteiger partial charge in [-0.2, -0.15) is 0 Å². The first-order chi connectivity index (χ1) is 18.2. The van der Waals surface area contributed by atoms with Crippen LogP contribution < -0.4 is 4.74 Å². The van der Waals surface area contributed by atoms with Gasteiger partial charge in [0.2, 0.25) is 6.29 Å². The monoisotopic (exact) mass is 528 g/mol. The van der Waals surface area contributed by atoms with Gasteiger partial charge >= 0.3 is 0 Å². The topological polar surface area (TPSA) is 148 Å². The minimum atomic E-state index is -1.64. The fourth-order valence-electron chi connectivity index (χ4n) is 4.34. The summed E-state index contributed by atoms with van der Waals surface area (Å²) in [6.45, 7) is 5.31. The van der Waals surface area contributed by atoms with Crippen LogP contribution >= 0.6 is 0 Å². The summed E-state index contributed by atoms with van der Waals surface area (Å²) in [5.74, 6) is -0.401. The number of ketones is 1. The van der Waals surface area contributed by atoms with Crippen molar-refractivity contribution in [1.29, 1.82) is 0 Å². The number of hydrogen-bond acceptors (Lipinski definition) is 10. The van der Waals surface area contributed by atoms with Gasteiger partial charge in [0.15, 0.2) is 5.78 Å². The summed E-state index contributed by atoms with van der Waals surface area (Å²) < 4.78 is 27.2.